The number of rotatable bonds is 8. The number of hydrogen-bond donors (Lipinski definition) is 0. The van der Waals surface area contributed by atoms with Gasteiger partial charge in [0.1, 0.15) is 0 Å². The molecule has 0 amide bonds. The Morgan fingerprint density at radius 1 is 0.310 bits per heavy atom. The minimum absolute atomic E-state index is 0.738. The first-order valence-corrected chi connectivity index (χ1v) is 20.1. The van der Waals surface area contributed by atoms with Gasteiger partial charge in [-0.25, -0.2) is 0 Å². The van der Waals surface area contributed by atoms with E-state index in [-0.39, 0.29) is 0 Å². The van der Waals surface area contributed by atoms with Gasteiger partial charge in [-0.05, 0) is 97.1 Å². The molecule has 0 spiro atoms. The van der Waals surface area contributed by atoms with Crippen molar-refractivity contribution in [2.75, 3.05) is 0 Å². The van der Waals surface area contributed by atoms with Crippen molar-refractivity contribution in [1.82, 2.24) is 0 Å². The molecule has 12 heteroatoms. The third-order valence-corrected chi connectivity index (χ3v) is 17.6. The van der Waals surface area contributed by atoms with E-state index in [0.29, 0.717) is 0 Å². The van der Waals surface area contributed by atoms with Gasteiger partial charge in [-0.3, -0.25) is 0 Å². The summed E-state index contributed by atoms with van der Waals surface area (Å²) in [6.07, 6.45) is 0. The highest BCUT2D eigenvalue weighted by molar-refractivity contribution is 8.45. The van der Waals surface area contributed by atoms with E-state index in [2.05, 4.69) is 48.5 Å². The van der Waals surface area contributed by atoms with Crippen LogP contribution in [0.3, 0.4) is 0 Å². The summed E-state index contributed by atoms with van der Waals surface area (Å²) in [6, 6.07) is 32.1. The summed E-state index contributed by atoms with van der Waals surface area (Å²) < 4.78 is 7.62. The molecular weight excluding hydrogens is 759 g/mol. The Bertz CT molecular complexity index is 1430. The summed E-state index contributed by atoms with van der Waals surface area (Å²) in [5.74, 6) is 0. The molecule has 0 bridgehead atoms. The lowest BCUT2D eigenvalue weighted by molar-refractivity contribution is 1.47. The topological polar surface area (TPSA) is 0 Å². The molecule has 0 saturated carbocycles. The molecule has 0 aliphatic carbocycles. The maximum Gasteiger partial charge on any atom is 0.0718 e. The second-order valence-corrected chi connectivity index (χ2v) is 20.1. The number of hydrogen-bond acceptors (Lipinski definition) is 8. The van der Waals surface area contributed by atoms with Crippen molar-refractivity contribution in [3.63, 3.8) is 0 Å². The first-order valence-electron chi connectivity index (χ1n) is 12.1. The van der Waals surface area contributed by atoms with Gasteiger partial charge < -0.3 is 0 Å². The summed E-state index contributed by atoms with van der Waals surface area (Å²) in [4.78, 5) is 4.63. The molecule has 212 valence electrons. The Morgan fingerprint density at radius 3 is 0.690 bits per heavy atom. The fraction of sp³-hybridized carbons (Fsp3) is 0. The van der Waals surface area contributed by atoms with Gasteiger partial charge >= 0.3 is 0 Å². The molecular formula is C30H16Cl4S8. The first-order chi connectivity index (χ1) is 20.4. The largest absolute Gasteiger partial charge is 0.0843 e. The van der Waals surface area contributed by atoms with E-state index < -0.39 is 0 Å². The summed E-state index contributed by atoms with van der Waals surface area (Å²) in [5.41, 5.74) is 0. The molecule has 0 nitrogen and oxygen atoms in total. The van der Waals surface area contributed by atoms with E-state index in [0.717, 1.165) is 39.7 Å². The fourth-order valence-electron chi connectivity index (χ4n) is 3.40. The van der Waals surface area contributed by atoms with E-state index in [1.807, 2.05) is 95.6 Å². The minimum atomic E-state index is 0.738. The normalized spacial score (nSPS) is 15.3. The highest BCUT2D eigenvalue weighted by atomic mass is 35.5. The zero-order valence-electron chi connectivity index (χ0n) is 21.0. The van der Waals surface area contributed by atoms with E-state index in [1.165, 1.54) is 25.4 Å². The van der Waals surface area contributed by atoms with Gasteiger partial charge in [0.2, 0.25) is 0 Å². The van der Waals surface area contributed by atoms with Crippen molar-refractivity contribution in [2.45, 2.75) is 19.6 Å². The summed E-state index contributed by atoms with van der Waals surface area (Å²) in [7, 11) is 0. The van der Waals surface area contributed by atoms with Crippen molar-refractivity contribution < 1.29 is 0 Å². The van der Waals surface area contributed by atoms with Gasteiger partial charge in [-0.1, -0.05) is 140 Å². The molecule has 42 heavy (non-hydrogen) atoms. The molecule has 0 unspecified atom stereocenters. The smallest absolute Gasteiger partial charge is 0.0718 e. The summed E-state index contributed by atoms with van der Waals surface area (Å²) in [6.45, 7) is 0. The van der Waals surface area contributed by atoms with Gasteiger partial charge in [0.05, 0.1) is 25.4 Å². The molecule has 0 fully saturated rings. The van der Waals surface area contributed by atoms with Gasteiger partial charge in [-0.2, -0.15) is 0 Å². The van der Waals surface area contributed by atoms with Gasteiger partial charge in [0, 0.05) is 39.7 Å². The lowest BCUT2D eigenvalue weighted by Gasteiger charge is -2.05. The van der Waals surface area contributed by atoms with Crippen molar-refractivity contribution in [1.29, 1.82) is 0 Å². The molecule has 0 saturated heterocycles. The second kappa shape index (κ2) is 15.1. The average molecular weight is 775 g/mol. The van der Waals surface area contributed by atoms with Gasteiger partial charge in [0.15, 0.2) is 0 Å². The van der Waals surface area contributed by atoms with Crippen molar-refractivity contribution in [3.8, 4) is 0 Å². The first kappa shape index (κ1) is 32.0. The minimum Gasteiger partial charge on any atom is -0.0843 e. The third-order valence-electron chi connectivity index (χ3n) is 5.34. The summed E-state index contributed by atoms with van der Waals surface area (Å²) in [5, 5.41) is 2.95. The van der Waals surface area contributed by atoms with Crippen LogP contribution in [-0.2, 0) is 0 Å². The molecule has 2 aliphatic heterocycles. The summed E-state index contributed by atoms with van der Waals surface area (Å²) >= 11 is 39.1. The van der Waals surface area contributed by atoms with Gasteiger partial charge in [0.25, 0.3) is 0 Å². The van der Waals surface area contributed by atoms with Crippen LogP contribution >= 0.6 is 140 Å². The second-order valence-electron chi connectivity index (χ2n) is 8.36. The molecule has 0 atom stereocenters. The zero-order chi connectivity index (χ0) is 29.1. The molecule has 0 aromatic heterocycles. The van der Waals surface area contributed by atoms with Crippen LogP contribution in [-0.4, -0.2) is 0 Å². The van der Waals surface area contributed by atoms with Crippen LogP contribution in [0.1, 0.15) is 0 Å². The lowest BCUT2D eigenvalue weighted by Crippen LogP contribution is -1.75. The Labute approximate surface area is 299 Å². The van der Waals surface area contributed by atoms with Crippen molar-refractivity contribution in [3.05, 3.63) is 143 Å². The third kappa shape index (κ3) is 8.65. The van der Waals surface area contributed by atoms with E-state index in [4.69, 9.17) is 46.4 Å². The van der Waals surface area contributed by atoms with Crippen LogP contribution in [0.2, 0.25) is 20.1 Å². The lowest BCUT2D eigenvalue weighted by atomic mass is 10.4. The van der Waals surface area contributed by atoms with Crippen molar-refractivity contribution in [2.24, 2.45) is 0 Å². The molecule has 2 heterocycles. The van der Waals surface area contributed by atoms with E-state index in [1.54, 1.807) is 47.0 Å². The van der Waals surface area contributed by atoms with Crippen LogP contribution in [0, 0.1) is 0 Å². The predicted octanol–water partition coefficient (Wildman–Crippen LogP) is 15.1. The van der Waals surface area contributed by atoms with Crippen LogP contribution in [0.25, 0.3) is 0 Å². The molecule has 4 aromatic carbocycles. The fourth-order valence-corrected chi connectivity index (χ4v) is 15.3. The Hall–Kier alpha value is 0.0600. The SMILES string of the molecule is Clc1ccc(SC2=C(Sc3ccc(Cl)cc3)SC(=C3SC(Sc4ccc(Cl)cc4)=C(Sc4ccc(Cl)cc4)S3)S2)cc1. The zero-order valence-corrected chi connectivity index (χ0v) is 30.6. The standard InChI is InChI=1S/C30H16Cl4S8/c31-17-1-9-21(10-2-17)35-25-26(36-22-11-3-18(32)4-12-22)40-29(39-25)30-41-27(37-23-13-5-19(33)6-14-23)28(42-30)38-24-15-7-20(34)8-16-24/h1-16H. The molecule has 6 rings (SSSR count). The Kier molecular flexibility index (Phi) is 11.5. The molecule has 0 N–H and O–H groups in total. The number of benzene rings is 4. The van der Waals surface area contributed by atoms with Crippen LogP contribution in [0.15, 0.2) is 142 Å². The average Bonchev–Trinajstić information content (AvgIpc) is 3.57. The quantitative estimate of drug-likeness (QED) is 0.171. The Balaban J connectivity index is 1.28. The predicted molar refractivity (Wildman–Crippen MR) is 201 cm³/mol. The maximum absolute atomic E-state index is 6.16. The number of halogens is 4. The van der Waals surface area contributed by atoms with Crippen LogP contribution < -0.4 is 0 Å². The molecule has 4 aromatic rings. The number of thioether (sulfide) groups is 8. The van der Waals surface area contributed by atoms with Crippen LogP contribution in [0.5, 0.6) is 0 Å². The van der Waals surface area contributed by atoms with Gasteiger partial charge in [-0.15, -0.1) is 0 Å². The highest BCUT2D eigenvalue weighted by Gasteiger charge is 2.32. The van der Waals surface area contributed by atoms with E-state index >= 15 is 0 Å². The van der Waals surface area contributed by atoms with Crippen molar-refractivity contribution >= 4 is 140 Å². The maximum atomic E-state index is 6.16. The van der Waals surface area contributed by atoms with E-state index in [9.17, 15) is 0 Å². The van der Waals surface area contributed by atoms with Crippen LogP contribution in [0.4, 0.5) is 0 Å². The monoisotopic (exact) mass is 772 g/mol. The highest BCUT2D eigenvalue weighted by Crippen LogP contribution is 2.68. The molecule has 2 aliphatic rings. The Morgan fingerprint density at radius 2 is 0.500 bits per heavy atom. The molecule has 0 radical (unpaired) electrons.